The number of ether oxygens (including phenoxy) is 2. The van der Waals surface area contributed by atoms with Crippen LogP contribution in [-0.2, 0) is 10.6 Å². The Labute approximate surface area is 94.4 Å². The lowest BCUT2D eigenvalue weighted by Crippen LogP contribution is -2.26. The van der Waals surface area contributed by atoms with Crippen LogP contribution in [0.25, 0.3) is 0 Å². The number of hydrogen-bond acceptors (Lipinski definition) is 3. The van der Waals surface area contributed by atoms with E-state index >= 15 is 0 Å². The van der Waals surface area contributed by atoms with Crippen LogP contribution < -0.4 is 4.74 Å². The predicted octanol–water partition coefficient (Wildman–Crippen LogP) is 2.38. The minimum atomic E-state index is 0.253. The van der Waals surface area contributed by atoms with Crippen LogP contribution in [0, 0.1) is 0 Å². The van der Waals surface area contributed by atoms with E-state index in [9.17, 15) is 0 Å². The third kappa shape index (κ3) is 2.83. The van der Waals surface area contributed by atoms with Gasteiger partial charge in [-0.05, 0) is 6.07 Å². The lowest BCUT2D eigenvalue weighted by atomic mass is 10.1. The van der Waals surface area contributed by atoms with E-state index < -0.39 is 0 Å². The van der Waals surface area contributed by atoms with Crippen LogP contribution >= 0.6 is 11.6 Å². The average Bonchev–Trinajstić information content (AvgIpc) is 2.31. The standard InChI is InChI=1S/C11H14ClNO2/c12-7-9-8-13-4-1-11(9)15-10-2-5-14-6-3-10/h1,4,8,10H,2-3,5-7H2. The molecular weight excluding hydrogens is 214 g/mol. The molecule has 4 heteroatoms. The van der Waals surface area contributed by atoms with Gasteiger partial charge in [0.15, 0.2) is 0 Å². The maximum absolute atomic E-state index is 5.87. The maximum Gasteiger partial charge on any atom is 0.127 e. The molecule has 0 saturated carbocycles. The van der Waals surface area contributed by atoms with Crippen molar-refractivity contribution in [2.45, 2.75) is 24.8 Å². The summed E-state index contributed by atoms with van der Waals surface area (Å²) in [5.74, 6) is 1.29. The van der Waals surface area contributed by atoms with Gasteiger partial charge in [0.05, 0.1) is 19.1 Å². The number of hydrogen-bond donors (Lipinski definition) is 0. The summed E-state index contributed by atoms with van der Waals surface area (Å²) in [6.45, 7) is 1.57. The fraction of sp³-hybridized carbons (Fsp3) is 0.545. The van der Waals surface area contributed by atoms with Gasteiger partial charge in [-0.3, -0.25) is 4.98 Å². The number of pyridine rings is 1. The first-order valence-corrected chi connectivity index (χ1v) is 5.67. The van der Waals surface area contributed by atoms with Gasteiger partial charge >= 0.3 is 0 Å². The highest BCUT2D eigenvalue weighted by atomic mass is 35.5. The predicted molar refractivity (Wildman–Crippen MR) is 58.3 cm³/mol. The van der Waals surface area contributed by atoms with Crippen LogP contribution in [-0.4, -0.2) is 24.3 Å². The first-order chi connectivity index (χ1) is 7.40. The zero-order valence-electron chi connectivity index (χ0n) is 8.49. The lowest BCUT2D eigenvalue weighted by molar-refractivity contribution is 0.0252. The largest absolute Gasteiger partial charge is 0.490 e. The SMILES string of the molecule is ClCc1cnccc1OC1CCOCC1. The molecule has 1 aromatic rings. The van der Waals surface area contributed by atoms with Crippen LogP contribution in [0.1, 0.15) is 18.4 Å². The molecule has 2 heterocycles. The Bertz CT molecular complexity index is 313. The van der Waals surface area contributed by atoms with E-state index in [0.29, 0.717) is 5.88 Å². The van der Waals surface area contributed by atoms with Crippen LogP contribution in [0.2, 0.25) is 0 Å². The zero-order valence-corrected chi connectivity index (χ0v) is 9.24. The Hall–Kier alpha value is -0.800. The molecule has 3 nitrogen and oxygen atoms in total. The molecular formula is C11H14ClNO2. The van der Waals surface area contributed by atoms with Crippen molar-refractivity contribution in [3.63, 3.8) is 0 Å². The molecule has 0 spiro atoms. The van der Waals surface area contributed by atoms with Crippen molar-refractivity contribution in [3.05, 3.63) is 24.0 Å². The van der Waals surface area contributed by atoms with Crippen LogP contribution in [0.5, 0.6) is 5.75 Å². The van der Waals surface area contributed by atoms with Crippen molar-refractivity contribution in [2.75, 3.05) is 13.2 Å². The van der Waals surface area contributed by atoms with Gasteiger partial charge in [-0.1, -0.05) is 0 Å². The molecule has 1 aromatic heterocycles. The van der Waals surface area contributed by atoms with Crippen molar-refractivity contribution in [2.24, 2.45) is 0 Å². The molecule has 0 bridgehead atoms. The number of nitrogens with zero attached hydrogens (tertiary/aromatic N) is 1. The monoisotopic (exact) mass is 227 g/mol. The molecule has 0 unspecified atom stereocenters. The summed E-state index contributed by atoms with van der Waals surface area (Å²) in [6.07, 6.45) is 5.63. The van der Waals surface area contributed by atoms with E-state index in [0.717, 1.165) is 37.4 Å². The molecule has 82 valence electrons. The van der Waals surface area contributed by atoms with Crippen molar-refractivity contribution in [1.29, 1.82) is 0 Å². The van der Waals surface area contributed by atoms with Gasteiger partial charge in [0.25, 0.3) is 0 Å². The summed E-state index contributed by atoms with van der Waals surface area (Å²) >= 11 is 5.81. The van der Waals surface area contributed by atoms with Crippen LogP contribution in [0.15, 0.2) is 18.5 Å². The second-order valence-corrected chi connectivity index (χ2v) is 3.81. The normalized spacial score (nSPS) is 17.7. The van der Waals surface area contributed by atoms with E-state index in [4.69, 9.17) is 21.1 Å². The van der Waals surface area contributed by atoms with Gasteiger partial charge in [-0.25, -0.2) is 0 Å². The van der Waals surface area contributed by atoms with Gasteiger partial charge in [-0.15, -0.1) is 11.6 Å². The summed E-state index contributed by atoms with van der Waals surface area (Å²) in [6, 6.07) is 1.87. The molecule has 0 aliphatic carbocycles. The Morgan fingerprint density at radius 3 is 3.00 bits per heavy atom. The van der Waals surface area contributed by atoms with Crippen molar-refractivity contribution in [1.82, 2.24) is 4.98 Å². The van der Waals surface area contributed by atoms with Gasteiger partial charge in [0.1, 0.15) is 11.9 Å². The molecule has 0 amide bonds. The molecule has 1 saturated heterocycles. The molecule has 2 rings (SSSR count). The zero-order chi connectivity index (χ0) is 10.5. The molecule has 1 fully saturated rings. The van der Waals surface area contributed by atoms with Gasteiger partial charge in [0.2, 0.25) is 0 Å². The van der Waals surface area contributed by atoms with E-state index in [2.05, 4.69) is 4.98 Å². The smallest absolute Gasteiger partial charge is 0.127 e. The summed E-state index contributed by atoms with van der Waals surface area (Å²) in [5.41, 5.74) is 0.950. The lowest BCUT2D eigenvalue weighted by Gasteiger charge is -2.24. The Kier molecular flexibility index (Phi) is 3.80. The fourth-order valence-electron chi connectivity index (χ4n) is 1.60. The molecule has 0 aromatic carbocycles. The summed E-state index contributed by atoms with van der Waals surface area (Å²) in [4.78, 5) is 4.02. The molecule has 0 radical (unpaired) electrons. The van der Waals surface area contributed by atoms with Crippen molar-refractivity contribution in [3.8, 4) is 5.75 Å². The highest BCUT2D eigenvalue weighted by Crippen LogP contribution is 2.22. The topological polar surface area (TPSA) is 31.4 Å². The van der Waals surface area contributed by atoms with Crippen molar-refractivity contribution < 1.29 is 9.47 Å². The minimum Gasteiger partial charge on any atom is -0.490 e. The van der Waals surface area contributed by atoms with Crippen LogP contribution in [0.4, 0.5) is 0 Å². The molecule has 1 aliphatic heterocycles. The highest BCUT2D eigenvalue weighted by molar-refractivity contribution is 6.17. The summed E-state index contributed by atoms with van der Waals surface area (Å²) in [7, 11) is 0. The Morgan fingerprint density at radius 1 is 1.47 bits per heavy atom. The minimum absolute atomic E-state index is 0.253. The second kappa shape index (κ2) is 5.33. The van der Waals surface area contributed by atoms with Crippen molar-refractivity contribution >= 4 is 11.6 Å². The number of halogens is 1. The molecule has 15 heavy (non-hydrogen) atoms. The Balaban J connectivity index is 2.02. The number of aromatic nitrogens is 1. The fourth-order valence-corrected chi connectivity index (χ4v) is 1.80. The maximum atomic E-state index is 5.87. The number of rotatable bonds is 3. The molecule has 0 N–H and O–H groups in total. The van der Waals surface area contributed by atoms with E-state index in [-0.39, 0.29) is 6.10 Å². The molecule has 0 atom stereocenters. The van der Waals surface area contributed by atoms with E-state index in [1.807, 2.05) is 6.07 Å². The van der Waals surface area contributed by atoms with Gasteiger partial charge in [0, 0.05) is 30.8 Å². The van der Waals surface area contributed by atoms with E-state index in [1.165, 1.54) is 0 Å². The van der Waals surface area contributed by atoms with Gasteiger partial charge < -0.3 is 9.47 Å². The highest BCUT2D eigenvalue weighted by Gasteiger charge is 2.16. The Morgan fingerprint density at radius 2 is 2.27 bits per heavy atom. The van der Waals surface area contributed by atoms with Gasteiger partial charge in [-0.2, -0.15) is 0 Å². The first-order valence-electron chi connectivity index (χ1n) is 5.13. The summed E-state index contributed by atoms with van der Waals surface area (Å²) < 4.78 is 11.1. The third-order valence-electron chi connectivity index (χ3n) is 2.46. The average molecular weight is 228 g/mol. The second-order valence-electron chi connectivity index (χ2n) is 3.55. The third-order valence-corrected chi connectivity index (χ3v) is 2.75. The quantitative estimate of drug-likeness (QED) is 0.743. The first kappa shape index (κ1) is 10.7. The van der Waals surface area contributed by atoms with Crippen LogP contribution in [0.3, 0.4) is 0 Å². The number of alkyl halides is 1. The summed E-state index contributed by atoms with van der Waals surface area (Å²) in [5, 5.41) is 0. The van der Waals surface area contributed by atoms with E-state index in [1.54, 1.807) is 12.4 Å². The molecule has 1 aliphatic rings.